The van der Waals surface area contributed by atoms with Crippen LogP contribution < -0.4 is 5.56 Å². The molecule has 39 heavy (non-hydrogen) atoms. The number of rotatable bonds is 5. The number of alkyl halides is 3. The third kappa shape index (κ3) is 5.03. The number of aryl methyl sites for hydroxylation is 1. The fourth-order valence-corrected chi connectivity index (χ4v) is 4.63. The number of hydrogen-bond donors (Lipinski definition) is 1. The molecule has 0 saturated carbocycles. The second-order valence-corrected chi connectivity index (χ2v) is 9.81. The van der Waals surface area contributed by atoms with Crippen molar-refractivity contribution >= 4 is 28.8 Å². The van der Waals surface area contributed by atoms with E-state index in [1.807, 2.05) is 0 Å². The Bertz CT molecular complexity index is 1750. The van der Waals surface area contributed by atoms with Crippen LogP contribution in [0.1, 0.15) is 35.8 Å². The molecule has 0 radical (unpaired) electrons. The minimum absolute atomic E-state index is 0.0810. The van der Waals surface area contributed by atoms with Gasteiger partial charge in [0.2, 0.25) is 0 Å². The van der Waals surface area contributed by atoms with Gasteiger partial charge in [-0.1, -0.05) is 53.5 Å². The lowest BCUT2D eigenvalue weighted by molar-refractivity contribution is -0.141. The molecular formula is C27H20Cl2F3N5O2. The van der Waals surface area contributed by atoms with Crippen LogP contribution in [-0.4, -0.2) is 29.5 Å². The number of pyridine rings is 1. The quantitative estimate of drug-likeness (QED) is 0.264. The van der Waals surface area contributed by atoms with Crippen LogP contribution in [0.25, 0.3) is 27.9 Å². The number of halogens is 5. The van der Waals surface area contributed by atoms with Crippen molar-refractivity contribution in [3.63, 3.8) is 0 Å². The predicted molar refractivity (Wildman–Crippen MR) is 142 cm³/mol. The van der Waals surface area contributed by atoms with E-state index in [1.54, 1.807) is 48.5 Å². The molecule has 200 valence electrons. The van der Waals surface area contributed by atoms with Crippen molar-refractivity contribution in [1.82, 2.24) is 24.4 Å². The fourth-order valence-electron chi connectivity index (χ4n) is 4.38. The predicted octanol–water partition coefficient (Wildman–Crippen LogP) is 6.36. The second-order valence-electron chi connectivity index (χ2n) is 8.93. The van der Waals surface area contributed by atoms with Crippen LogP contribution in [0.4, 0.5) is 13.2 Å². The molecule has 0 unspecified atom stereocenters. The average Bonchev–Trinajstić information content (AvgIpc) is 3.32. The smallest absolute Gasteiger partial charge is 0.385 e. The minimum atomic E-state index is -4.61. The Morgan fingerprint density at radius 3 is 1.97 bits per heavy atom. The van der Waals surface area contributed by atoms with E-state index in [1.165, 1.54) is 29.1 Å². The van der Waals surface area contributed by atoms with Crippen molar-refractivity contribution in [3.8, 4) is 22.3 Å². The molecular weight excluding hydrogens is 554 g/mol. The molecule has 3 aromatic heterocycles. The van der Waals surface area contributed by atoms with Gasteiger partial charge in [-0.2, -0.15) is 13.2 Å². The summed E-state index contributed by atoms with van der Waals surface area (Å²) >= 11 is 12.2. The average molecular weight is 574 g/mol. The lowest BCUT2D eigenvalue weighted by Crippen LogP contribution is -2.31. The SMILES string of the molecule is Cc1nc(C(F)(F)F)ccc1Cn1c(=O)c(-c2ccc(Cl)cc2)c(-c2ccc(Cl)cc2)c2nnc([C@H](C)O)n21. The van der Waals surface area contributed by atoms with Gasteiger partial charge in [-0.25, -0.2) is 14.2 Å². The standard InChI is InChI=1S/C27H20Cl2F3N5O2/c1-14-18(7-12-21(33-14)27(30,31)32)13-36-26(39)23(17-5-10-20(29)11-6-17)22(16-3-8-19(28)9-4-16)25-35-34-24(15(2)38)37(25)36/h3-12,15,38H,13H2,1-2H3/t15-/m0/s1. The Hall–Kier alpha value is -3.73. The molecule has 0 bridgehead atoms. The van der Waals surface area contributed by atoms with E-state index in [2.05, 4.69) is 15.2 Å². The molecule has 12 heteroatoms. The maximum atomic E-state index is 14.3. The molecule has 1 atom stereocenters. The molecule has 0 aliphatic heterocycles. The van der Waals surface area contributed by atoms with Gasteiger partial charge < -0.3 is 5.11 Å². The van der Waals surface area contributed by atoms with Crippen LogP contribution in [0.5, 0.6) is 0 Å². The van der Waals surface area contributed by atoms with E-state index in [4.69, 9.17) is 23.2 Å². The first-order valence-corrected chi connectivity index (χ1v) is 12.5. The summed E-state index contributed by atoms with van der Waals surface area (Å²) in [5.41, 5.74) is 1.08. The molecule has 0 fully saturated rings. The summed E-state index contributed by atoms with van der Waals surface area (Å²) in [5.74, 6) is 0.0810. The van der Waals surface area contributed by atoms with E-state index in [0.717, 1.165) is 6.07 Å². The maximum Gasteiger partial charge on any atom is 0.433 e. The lowest BCUT2D eigenvalue weighted by atomic mass is 9.96. The molecule has 0 amide bonds. The summed E-state index contributed by atoms with van der Waals surface area (Å²) in [6, 6.07) is 15.6. The number of hydrogen-bond acceptors (Lipinski definition) is 5. The summed E-state index contributed by atoms with van der Waals surface area (Å²) < 4.78 is 42.3. The molecule has 5 aromatic rings. The lowest BCUT2D eigenvalue weighted by Gasteiger charge is -2.19. The molecule has 0 aliphatic rings. The third-order valence-electron chi connectivity index (χ3n) is 6.27. The number of fused-ring (bicyclic) bond motifs is 1. The maximum absolute atomic E-state index is 14.3. The molecule has 0 saturated heterocycles. The summed E-state index contributed by atoms with van der Waals surface area (Å²) in [5, 5.41) is 19.9. The van der Waals surface area contributed by atoms with Gasteiger partial charge in [0.1, 0.15) is 11.8 Å². The summed E-state index contributed by atoms with van der Waals surface area (Å²) in [6.45, 7) is 2.76. The third-order valence-corrected chi connectivity index (χ3v) is 6.78. The first-order chi connectivity index (χ1) is 18.5. The summed E-state index contributed by atoms with van der Waals surface area (Å²) in [4.78, 5) is 18.0. The van der Waals surface area contributed by atoms with Crippen molar-refractivity contribution in [3.05, 3.63) is 104 Å². The van der Waals surface area contributed by atoms with E-state index in [0.29, 0.717) is 32.3 Å². The Morgan fingerprint density at radius 1 is 0.897 bits per heavy atom. The van der Waals surface area contributed by atoms with Crippen molar-refractivity contribution < 1.29 is 18.3 Å². The summed E-state index contributed by atoms with van der Waals surface area (Å²) in [6.07, 6.45) is -5.72. The highest BCUT2D eigenvalue weighted by molar-refractivity contribution is 6.31. The van der Waals surface area contributed by atoms with Gasteiger partial charge in [0.25, 0.3) is 5.56 Å². The van der Waals surface area contributed by atoms with Gasteiger partial charge in [-0.15, -0.1) is 10.2 Å². The zero-order valence-corrected chi connectivity index (χ0v) is 22.1. The molecule has 0 aliphatic carbocycles. The molecule has 1 N–H and O–H groups in total. The highest BCUT2D eigenvalue weighted by atomic mass is 35.5. The van der Waals surface area contributed by atoms with Crippen molar-refractivity contribution in [2.75, 3.05) is 0 Å². The van der Waals surface area contributed by atoms with Crippen LogP contribution >= 0.6 is 23.2 Å². The molecule has 3 heterocycles. The van der Waals surface area contributed by atoms with Gasteiger partial charge in [0.05, 0.1) is 12.1 Å². The number of aliphatic hydroxyl groups excluding tert-OH is 1. The van der Waals surface area contributed by atoms with Crippen LogP contribution in [0, 0.1) is 6.92 Å². The van der Waals surface area contributed by atoms with Gasteiger partial charge in [0.15, 0.2) is 11.5 Å². The van der Waals surface area contributed by atoms with Crippen LogP contribution in [0.3, 0.4) is 0 Å². The van der Waals surface area contributed by atoms with E-state index in [9.17, 15) is 23.1 Å². The first-order valence-electron chi connectivity index (χ1n) is 11.7. The highest BCUT2D eigenvalue weighted by Crippen LogP contribution is 2.35. The zero-order chi connectivity index (χ0) is 28.1. The van der Waals surface area contributed by atoms with Crippen molar-refractivity contribution in [2.24, 2.45) is 0 Å². The highest BCUT2D eigenvalue weighted by Gasteiger charge is 2.33. The normalized spacial score (nSPS) is 12.7. The Kier molecular flexibility index (Phi) is 6.96. The minimum Gasteiger partial charge on any atom is -0.385 e. The second kappa shape index (κ2) is 10.1. The van der Waals surface area contributed by atoms with Crippen LogP contribution in [-0.2, 0) is 12.7 Å². The number of aliphatic hydroxyl groups is 1. The molecule has 0 spiro atoms. The van der Waals surface area contributed by atoms with Gasteiger partial charge in [0, 0.05) is 21.3 Å². The van der Waals surface area contributed by atoms with E-state index in [-0.39, 0.29) is 29.3 Å². The first kappa shape index (κ1) is 26.9. The van der Waals surface area contributed by atoms with Gasteiger partial charge in [-0.05, 0) is 60.9 Å². The van der Waals surface area contributed by atoms with Crippen LogP contribution in [0.15, 0.2) is 65.5 Å². The summed E-state index contributed by atoms with van der Waals surface area (Å²) in [7, 11) is 0. The number of nitrogens with zero attached hydrogens (tertiary/aromatic N) is 5. The van der Waals surface area contributed by atoms with E-state index >= 15 is 0 Å². The largest absolute Gasteiger partial charge is 0.433 e. The van der Waals surface area contributed by atoms with Crippen molar-refractivity contribution in [2.45, 2.75) is 32.7 Å². The number of benzene rings is 2. The molecule has 7 nitrogen and oxygen atoms in total. The monoisotopic (exact) mass is 573 g/mol. The van der Waals surface area contributed by atoms with Gasteiger partial charge in [-0.3, -0.25) is 4.79 Å². The zero-order valence-electron chi connectivity index (χ0n) is 20.5. The van der Waals surface area contributed by atoms with E-state index < -0.39 is 23.5 Å². The Balaban J connectivity index is 1.85. The topological polar surface area (TPSA) is 85.3 Å². The number of aromatic nitrogens is 5. The van der Waals surface area contributed by atoms with Gasteiger partial charge >= 0.3 is 6.18 Å². The molecule has 5 rings (SSSR count). The Labute approximate surface area is 230 Å². The van der Waals surface area contributed by atoms with Crippen molar-refractivity contribution in [1.29, 1.82) is 0 Å². The fraction of sp³-hybridized carbons (Fsp3) is 0.185. The molecule has 2 aromatic carbocycles. The van der Waals surface area contributed by atoms with Crippen LogP contribution in [0.2, 0.25) is 10.0 Å². The Morgan fingerprint density at radius 2 is 1.46 bits per heavy atom.